The molecule has 0 bridgehead atoms. The Morgan fingerprint density at radius 3 is 2.68 bits per heavy atom. The standard InChI is InChI=1S/C16H16N2O/c1-11-6-8-12(9-7-11)18-16(19)14-10-17-15-5-3-2-4-13(14)15/h2-9,14,17H,10H2,1H3,(H,18,19). The minimum Gasteiger partial charge on any atom is -0.384 e. The number of para-hydroxylation sites is 1. The molecule has 3 nitrogen and oxygen atoms in total. The van der Waals surface area contributed by atoms with Gasteiger partial charge >= 0.3 is 0 Å². The van der Waals surface area contributed by atoms with Gasteiger partial charge < -0.3 is 10.6 Å². The van der Waals surface area contributed by atoms with E-state index in [0.29, 0.717) is 6.54 Å². The van der Waals surface area contributed by atoms with Gasteiger partial charge in [0.05, 0.1) is 5.92 Å². The summed E-state index contributed by atoms with van der Waals surface area (Å²) in [5, 5.41) is 6.24. The molecule has 3 heteroatoms. The molecule has 0 fully saturated rings. The van der Waals surface area contributed by atoms with E-state index in [9.17, 15) is 4.79 Å². The first-order valence-corrected chi connectivity index (χ1v) is 6.44. The van der Waals surface area contributed by atoms with E-state index in [1.54, 1.807) is 0 Å². The van der Waals surface area contributed by atoms with Gasteiger partial charge in [-0.2, -0.15) is 0 Å². The zero-order chi connectivity index (χ0) is 13.2. The third-order valence-corrected chi connectivity index (χ3v) is 3.47. The van der Waals surface area contributed by atoms with Gasteiger partial charge in [-0.15, -0.1) is 0 Å². The molecule has 1 unspecified atom stereocenters. The van der Waals surface area contributed by atoms with Crippen LogP contribution in [-0.4, -0.2) is 12.5 Å². The molecule has 19 heavy (non-hydrogen) atoms. The molecule has 2 aromatic carbocycles. The van der Waals surface area contributed by atoms with Crippen molar-refractivity contribution >= 4 is 17.3 Å². The van der Waals surface area contributed by atoms with Crippen LogP contribution >= 0.6 is 0 Å². The van der Waals surface area contributed by atoms with Crippen LogP contribution in [-0.2, 0) is 4.79 Å². The lowest BCUT2D eigenvalue weighted by Gasteiger charge is -2.11. The summed E-state index contributed by atoms with van der Waals surface area (Å²) in [5.74, 6) is -0.0705. The molecule has 1 heterocycles. The summed E-state index contributed by atoms with van der Waals surface area (Å²) in [4.78, 5) is 12.3. The molecule has 3 rings (SSSR count). The molecule has 1 aliphatic heterocycles. The van der Waals surface area contributed by atoms with Gasteiger partial charge in [0.2, 0.25) is 5.91 Å². The van der Waals surface area contributed by atoms with Crippen molar-refractivity contribution in [2.75, 3.05) is 17.2 Å². The van der Waals surface area contributed by atoms with E-state index >= 15 is 0 Å². The molecule has 1 atom stereocenters. The fourth-order valence-corrected chi connectivity index (χ4v) is 2.38. The molecule has 2 aromatic rings. The van der Waals surface area contributed by atoms with Crippen molar-refractivity contribution in [2.45, 2.75) is 12.8 Å². The van der Waals surface area contributed by atoms with Crippen LogP contribution in [0.3, 0.4) is 0 Å². The zero-order valence-corrected chi connectivity index (χ0v) is 10.8. The van der Waals surface area contributed by atoms with Crippen LogP contribution in [0.1, 0.15) is 17.0 Å². The van der Waals surface area contributed by atoms with E-state index < -0.39 is 0 Å². The largest absolute Gasteiger partial charge is 0.384 e. The number of carbonyl (C=O) groups is 1. The van der Waals surface area contributed by atoms with E-state index in [0.717, 1.165) is 16.9 Å². The van der Waals surface area contributed by atoms with Gasteiger partial charge in [0.1, 0.15) is 0 Å². The number of carbonyl (C=O) groups excluding carboxylic acids is 1. The van der Waals surface area contributed by atoms with Crippen LogP contribution in [0.5, 0.6) is 0 Å². The Bertz CT molecular complexity index is 604. The fraction of sp³-hybridized carbons (Fsp3) is 0.188. The quantitative estimate of drug-likeness (QED) is 0.862. The smallest absolute Gasteiger partial charge is 0.233 e. The summed E-state index contributed by atoms with van der Waals surface area (Å²) < 4.78 is 0. The van der Waals surface area contributed by atoms with Crippen molar-refractivity contribution in [2.24, 2.45) is 0 Å². The molecule has 1 amide bonds. The van der Waals surface area contributed by atoms with Gasteiger partial charge in [0, 0.05) is 17.9 Å². The summed E-state index contributed by atoms with van der Waals surface area (Å²) in [7, 11) is 0. The monoisotopic (exact) mass is 252 g/mol. The van der Waals surface area contributed by atoms with Crippen LogP contribution < -0.4 is 10.6 Å². The van der Waals surface area contributed by atoms with E-state index in [4.69, 9.17) is 0 Å². The maximum absolute atomic E-state index is 12.3. The average molecular weight is 252 g/mol. The van der Waals surface area contributed by atoms with Gasteiger partial charge in [-0.1, -0.05) is 35.9 Å². The highest BCUT2D eigenvalue weighted by atomic mass is 16.1. The minimum atomic E-state index is -0.113. The normalized spacial score (nSPS) is 16.6. The Morgan fingerprint density at radius 2 is 1.89 bits per heavy atom. The Morgan fingerprint density at radius 1 is 1.16 bits per heavy atom. The second-order valence-corrected chi connectivity index (χ2v) is 4.88. The Hall–Kier alpha value is -2.29. The first-order chi connectivity index (χ1) is 9.24. The highest BCUT2D eigenvalue weighted by molar-refractivity contribution is 5.98. The highest BCUT2D eigenvalue weighted by Gasteiger charge is 2.27. The van der Waals surface area contributed by atoms with Gasteiger partial charge in [-0.05, 0) is 30.7 Å². The molecule has 2 N–H and O–H groups in total. The number of hydrogen-bond donors (Lipinski definition) is 2. The second kappa shape index (κ2) is 4.76. The summed E-state index contributed by atoms with van der Waals surface area (Å²) in [6.07, 6.45) is 0. The van der Waals surface area contributed by atoms with E-state index in [1.165, 1.54) is 5.56 Å². The minimum absolute atomic E-state index is 0.0429. The second-order valence-electron chi connectivity index (χ2n) is 4.88. The fourth-order valence-electron chi connectivity index (χ4n) is 2.38. The van der Waals surface area contributed by atoms with E-state index in [-0.39, 0.29) is 11.8 Å². The predicted molar refractivity (Wildman–Crippen MR) is 77.5 cm³/mol. The molecule has 0 aromatic heterocycles. The first kappa shape index (κ1) is 11.8. The third kappa shape index (κ3) is 2.32. The molecule has 0 saturated carbocycles. The summed E-state index contributed by atoms with van der Waals surface area (Å²) in [6.45, 7) is 2.69. The number of rotatable bonds is 2. The van der Waals surface area contributed by atoms with Crippen molar-refractivity contribution < 1.29 is 4.79 Å². The van der Waals surface area contributed by atoms with Gasteiger partial charge in [0.15, 0.2) is 0 Å². The third-order valence-electron chi connectivity index (χ3n) is 3.47. The maximum atomic E-state index is 12.3. The van der Waals surface area contributed by atoms with Crippen LogP contribution in [0.15, 0.2) is 48.5 Å². The van der Waals surface area contributed by atoms with Crippen molar-refractivity contribution in [3.8, 4) is 0 Å². The van der Waals surface area contributed by atoms with Crippen LogP contribution in [0.4, 0.5) is 11.4 Å². The van der Waals surface area contributed by atoms with Gasteiger partial charge in [-0.25, -0.2) is 0 Å². The lowest BCUT2D eigenvalue weighted by atomic mass is 10.0. The summed E-state index contributed by atoms with van der Waals surface area (Å²) >= 11 is 0. The molecular weight excluding hydrogens is 236 g/mol. The number of benzene rings is 2. The summed E-state index contributed by atoms with van der Waals surface area (Å²) in [5.41, 5.74) is 4.17. The van der Waals surface area contributed by atoms with Crippen molar-refractivity contribution in [1.82, 2.24) is 0 Å². The first-order valence-electron chi connectivity index (χ1n) is 6.44. The average Bonchev–Trinajstić information content (AvgIpc) is 2.85. The summed E-state index contributed by atoms with van der Waals surface area (Å²) in [6, 6.07) is 15.8. The number of aryl methyl sites for hydroxylation is 1. The predicted octanol–water partition coefficient (Wildman–Crippen LogP) is 3.14. The number of hydrogen-bond acceptors (Lipinski definition) is 2. The number of anilines is 2. The molecule has 96 valence electrons. The van der Waals surface area contributed by atoms with E-state index in [2.05, 4.69) is 10.6 Å². The van der Waals surface area contributed by atoms with Crippen LogP contribution in [0.25, 0.3) is 0 Å². The highest BCUT2D eigenvalue weighted by Crippen LogP contribution is 2.31. The molecule has 0 saturated heterocycles. The molecule has 0 aliphatic carbocycles. The Balaban J connectivity index is 1.77. The SMILES string of the molecule is Cc1ccc(NC(=O)C2CNc3ccccc32)cc1. The van der Waals surface area contributed by atoms with Gasteiger partial charge in [0.25, 0.3) is 0 Å². The molecule has 1 aliphatic rings. The lowest BCUT2D eigenvalue weighted by molar-refractivity contribution is -0.117. The van der Waals surface area contributed by atoms with Crippen LogP contribution in [0.2, 0.25) is 0 Å². The van der Waals surface area contributed by atoms with Gasteiger partial charge in [-0.3, -0.25) is 4.79 Å². The van der Waals surface area contributed by atoms with Crippen molar-refractivity contribution in [3.63, 3.8) is 0 Å². The lowest BCUT2D eigenvalue weighted by Crippen LogP contribution is -2.22. The van der Waals surface area contributed by atoms with E-state index in [1.807, 2.05) is 55.5 Å². The topological polar surface area (TPSA) is 41.1 Å². The van der Waals surface area contributed by atoms with Crippen molar-refractivity contribution in [1.29, 1.82) is 0 Å². The number of fused-ring (bicyclic) bond motifs is 1. The number of nitrogens with one attached hydrogen (secondary N) is 2. The zero-order valence-electron chi connectivity index (χ0n) is 10.8. The molecule has 0 radical (unpaired) electrons. The van der Waals surface area contributed by atoms with Crippen LogP contribution in [0, 0.1) is 6.92 Å². The molecular formula is C16H16N2O. The Labute approximate surface area is 112 Å². The maximum Gasteiger partial charge on any atom is 0.233 e. The number of amides is 1. The Kier molecular flexibility index (Phi) is 2.95. The van der Waals surface area contributed by atoms with Crippen molar-refractivity contribution in [3.05, 3.63) is 59.7 Å². The molecule has 0 spiro atoms.